The minimum Gasteiger partial charge on any atom is -0.493 e. The lowest BCUT2D eigenvalue weighted by molar-refractivity contribution is 0.144. The molecule has 0 aromatic heterocycles. The number of hydrogen-bond donors (Lipinski definition) is 1. The highest BCUT2D eigenvalue weighted by Gasteiger charge is 2.08. The second-order valence-corrected chi connectivity index (χ2v) is 6.14. The summed E-state index contributed by atoms with van der Waals surface area (Å²) in [6, 6.07) is 10.1. The van der Waals surface area contributed by atoms with Gasteiger partial charge in [0.2, 0.25) is 0 Å². The Balaban J connectivity index is 1.89. The number of ether oxygens (including phenoxy) is 3. The molecule has 0 spiro atoms. The first-order valence-corrected chi connectivity index (χ1v) is 9.04. The summed E-state index contributed by atoms with van der Waals surface area (Å²) in [5.41, 5.74) is 1.82. The summed E-state index contributed by atoms with van der Waals surface area (Å²) in [4.78, 5) is 0. The zero-order valence-electron chi connectivity index (χ0n) is 15.2. The molecule has 2 aromatic rings. The van der Waals surface area contributed by atoms with Gasteiger partial charge in [-0.25, -0.2) is 4.39 Å². The van der Waals surface area contributed by atoms with Crippen molar-refractivity contribution in [3.05, 3.63) is 58.4 Å². The molecule has 0 bridgehead atoms. The molecule has 0 aliphatic rings. The van der Waals surface area contributed by atoms with E-state index in [1.807, 2.05) is 25.1 Å². The molecule has 0 fully saturated rings. The van der Waals surface area contributed by atoms with Crippen LogP contribution in [0.5, 0.6) is 11.5 Å². The number of hydrogen-bond acceptors (Lipinski definition) is 4. The lowest BCUT2D eigenvalue weighted by atomic mass is 10.2. The van der Waals surface area contributed by atoms with Gasteiger partial charge in [-0.3, -0.25) is 0 Å². The maximum Gasteiger partial charge on any atom is 0.161 e. The van der Waals surface area contributed by atoms with Crippen molar-refractivity contribution in [2.24, 2.45) is 0 Å². The summed E-state index contributed by atoms with van der Waals surface area (Å²) in [6.07, 6.45) is 0.977. The highest BCUT2D eigenvalue weighted by atomic mass is 35.5. The van der Waals surface area contributed by atoms with Crippen LogP contribution in [0.2, 0.25) is 5.02 Å². The summed E-state index contributed by atoms with van der Waals surface area (Å²) in [5, 5.41) is 3.72. The lowest BCUT2D eigenvalue weighted by Crippen LogP contribution is -2.16. The summed E-state index contributed by atoms with van der Waals surface area (Å²) in [7, 11) is 1.60. The Morgan fingerprint density at radius 3 is 2.69 bits per heavy atom. The molecule has 0 unspecified atom stereocenters. The molecule has 0 heterocycles. The van der Waals surface area contributed by atoms with Crippen LogP contribution in [0.1, 0.15) is 24.5 Å². The molecule has 0 aliphatic carbocycles. The largest absolute Gasteiger partial charge is 0.493 e. The van der Waals surface area contributed by atoms with Gasteiger partial charge in [-0.15, -0.1) is 0 Å². The first-order chi connectivity index (χ1) is 12.6. The molecule has 0 saturated heterocycles. The van der Waals surface area contributed by atoms with Crippen molar-refractivity contribution in [1.82, 2.24) is 5.32 Å². The average Bonchev–Trinajstić information content (AvgIpc) is 2.64. The van der Waals surface area contributed by atoms with Crippen LogP contribution in [0.15, 0.2) is 36.4 Å². The van der Waals surface area contributed by atoms with Crippen LogP contribution in [0.3, 0.4) is 0 Å². The first-order valence-electron chi connectivity index (χ1n) is 8.66. The Morgan fingerprint density at radius 1 is 1.12 bits per heavy atom. The Labute approximate surface area is 159 Å². The standard InChI is InChI=1S/C20H25ClFNO3/c1-3-25-10-4-9-23-13-15-5-8-19(20(11-15)24-2)26-14-16-6-7-17(22)12-18(16)21/h5-8,11-12,23H,3-4,9-10,13-14H2,1-2H3. The highest BCUT2D eigenvalue weighted by Crippen LogP contribution is 2.29. The van der Waals surface area contributed by atoms with E-state index in [2.05, 4.69) is 5.32 Å². The molecule has 1 N–H and O–H groups in total. The van der Waals surface area contributed by atoms with Gasteiger partial charge in [0.05, 0.1) is 12.1 Å². The third-order valence-electron chi connectivity index (χ3n) is 3.80. The van der Waals surface area contributed by atoms with Gasteiger partial charge in [0, 0.05) is 25.3 Å². The zero-order chi connectivity index (χ0) is 18.8. The van der Waals surface area contributed by atoms with Crippen molar-refractivity contribution in [2.75, 3.05) is 26.9 Å². The maximum absolute atomic E-state index is 13.1. The highest BCUT2D eigenvalue weighted by molar-refractivity contribution is 6.31. The average molecular weight is 382 g/mol. The van der Waals surface area contributed by atoms with Crippen molar-refractivity contribution < 1.29 is 18.6 Å². The van der Waals surface area contributed by atoms with E-state index in [4.69, 9.17) is 25.8 Å². The van der Waals surface area contributed by atoms with E-state index in [-0.39, 0.29) is 12.4 Å². The Kier molecular flexibility index (Phi) is 8.68. The van der Waals surface area contributed by atoms with Crippen LogP contribution < -0.4 is 14.8 Å². The van der Waals surface area contributed by atoms with Crippen molar-refractivity contribution in [3.8, 4) is 11.5 Å². The van der Waals surface area contributed by atoms with Crippen LogP contribution in [-0.2, 0) is 17.9 Å². The van der Waals surface area contributed by atoms with Crippen molar-refractivity contribution in [3.63, 3.8) is 0 Å². The molecule has 6 heteroatoms. The van der Waals surface area contributed by atoms with E-state index in [0.29, 0.717) is 16.5 Å². The second kappa shape index (κ2) is 11.0. The fourth-order valence-corrected chi connectivity index (χ4v) is 2.63. The number of rotatable bonds is 11. The van der Waals surface area contributed by atoms with E-state index >= 15 is 0 Å². The fourth-order valence-electron chi connectivity index (χ4n) is 2.41. The van der Waals surface area contributed by atoms with E-state index in [1.165, 1.54) is 12.1 Å². The van der Waals surface area contributed by atoms with E-state index < -0.39 is 0 Å². The van der Waals surface area contributed by atoms with Crippen molar-refractivity contribution >= 4 is 11.6 Å². The third kappa shape index (κ3) is 6.48. The predicted octanol–water partition coefficient (Wildman–Crippen LogP) is 4.58. The maximum atomic E-state index is 13.1. The van der Waals surface area contributed by atoms with Gasteiger partial charge >= 0.3 is 0 Å². The van der Waals surface area contributed by atoms with Crippen LogP contribution in [-0.4, -0.2) is 26.9 Å². The normalized spacial score (nSPS) is 10.8. The number of halogens is 2. The minimum atomic E-state index is -0.366. The van der Waals surface area contributed by atoms with E-state index in [0.717, 1.165) is 43.9 Å². The van der Waals surface area contributed by atoms with E-state index in [9.17, 15) is 4.39 Å². The van der Waals surface area contributed by atoms with Gasteiger partial charge in [-0.05, 0) is 49.7 Å². The van der Waals surface area contributed by atoms with Gasteiger partial charge in [-0.2, -0.15) is 0 Å². The van der Waals surface area contributed by atoms with Crippen molar-refractivity contribution in [2.45, 2.75) is 26.5 Å². The van der Waals surface area contributed by atoms with Crippen LogP contribution in [0.25, 0.3) is 0 Å². The van der Waals surface area contributed by atoms with Gasteiger partial charge in [-0.1, -0.05) is 23.7 Å². The Bertz CT molecular complexity index is 697. The monoisotopic (exact) mass is 381 g/mol. The van der Waals surface area contributed by atoms with E-state index in [1.54, 1.807) is 13.2 Å². The Hall–Kier alpha value is -1.82. The van der Waals surface area contributed by atoms with Crippen LogP contribution in [0.4, 0.5) is 4.39 Å². The smallest absolute Gasteiger partial charge is 0.161 e. The van der Waals surface area contributed by atoms with Gasteiger partial charge in [0.15, 0.2) is 11.5 Å². The molecular formula is C20H25ClFNO3. The zero-order valence-corrected chi connectivity index (χ0v) is 15.9. The third-order valence-corrected chi connectivity index (χ3v) is 4.15. The fraction of sp³-hybridized carbons (Fsp3) is 0.400. The molecular weight excluding hydrogens is 357 g/mol. The molecule has 142 valence electrons. The molecule has 0 radical (unpaired) electrons. The molecule has 0 saturated carbocycles. The van der Waals surface area contributed by atoms with Crippen molar-refractivity contribution in [1.29, 1.82) is 0 Å². The minimum absolute atomic E-state index is 0.241. The number of benzene rings is 2. The SMILES string of the molecule is CCOCCCNCc1ccc(OCc2ccc(F)cc2Cl)c(OC)c1. The number of methoxy groups -OCH3 is 1. The van der Waals surface area contributed by atoms with Gasteiger partial charge < -0.3 is 19.5 Å². The molecule has 0 atom stereocenters. The molecule has 2 aromatic carbocycles. The van der Waals surface area contributed by atoms with Gasteiger partial charge in [0.1, 0.15) is 12.4 Å². The molecule has 2 rings (SSSR count). The van der Waals surface area contributed by atoms with Gasteiger partial charge in [0.25, 0.3) is 0 Å². The molecule has 0 aliphatic heterocycles. The number of nitrogens with one attached hydrogen (secondary N) is 1. The van der Waals surface area contributed by atoms with Crippen LogP contribution >= 0.6 is 11.6 Å². The topological polar surface area (TPSA) is 39.7 Å². The first kappa shape index (κ1) is 20.5. The Morgan fingerprint density at radius 2 is 1.96 bits per heavy atom. The lowest BCUT2D eigenvalue weighted by Gasteiger charge is -2.13. The summed E-state index contributed by atoms with van der Waals surface area (Å²) >= 11 is 6.03. The summed E-state index contributed by atoms with van der Waals surface area (Å²) < 4.78 is 29.6. The quantitative estimate of drug-likeness (QED) is 0.578. The molecule has 4 nitrogen and oxygen atoms in total. The second-order valence-electron chi connectivity index (χ2n) is 5.74. The summed E-state index contributed by atoms with van der Waals surface area (Å²) in [6.45, 7) is 5.39. The van der Waals surface area contributed by atoms with Crippen LogP contribution in [0, 0.1) is 5.82 Å². The summed E-state index contributed by atoms with van der Waals surface area (Å²) in [5.74, 6) is 0.902. The molecule has 26 heavy (non-hydrogen) atoms. The molecule has 0 amide bonds. The predicted molar refractivity (Wildman–Crippen MR) is 102 cm³/mol.